The zero-order valence-corrected chi connectivity index (χ0v) is 9.72. The van der Waals surface area contributed by atoms with Crippen molar-refractivity contribution in [2.75, 3.05) is 6.54 Å². The summed E-state index contributed by atoms with van der Waals surface area (Å²) in [4.78, 5) is 11.2. The first-order valence-corrected chi connectivity index (χ1v) is 5.59. The lowest BCUT2D eigenvalue weighted by atomic mass is 10.2. The summed E-state index contributed by atoms with van der Waals surface area (Å²) < 4.78 is 26.0. The number of unbranched alkanes of at least 4 members (excludes halogenated alkanes) is 1. The molecule has 2 amide bonds. The molecule has 2 N–H and O–H groups in total. The van der Waals surface area contributed by atoms with E-state index in [9.17, 15) is 13.6 Å². The highest BCUT2D eigenvalue weighted by Crippen LogP contribution is 2.08. The predicted octanol–water partition coefficient (Wildman–Crippen LogP) is 2.56. The number of carbonyl (C=O) groups excluding carboxylic acids is 1. The first-order valence-electron chi connectivity index (χ1n) is 5.59. The second kappa shape index (κ2) is 6.83. The van der Waals surface area contributed by atoms with Gasteiger partial charge in [-0.15, -0.1) is 0 Å². The maximum Gasteiger partial charge on any atom is 0.315 e. The quantitative estimate of drug-likeness (QED) is 0.765. The summed E-state index contributed by atoms with van der Waals surface area (Å²) in [5.41, 5.74) is 0.135. The van der Waals surface area contributed by atoms with Gasteiger partial charge in [0.25, 0.3) is 0 Å². The molecule has 17 heavy (non-hydrogen) atoms. The first kappa shape index (κ1) is 13.4. The van der Waals surface area contributed by atoms with Crippen molar-refractivity contribution >= 4 is 6.03 Å². The van der Waals surface area contributed by atoms with Crippen LogP contribution < -0.4 is 10.6 Å². The van der Waals surface area contributed by atoms with Gasteiger partial charge in [-0.05, 0) is 24.6 Å². The number of halogens is 2. The average molecular weight is 242 g/mol. The highest BCUT2D eigenvalue weighted by atomic mass is 19.1. The SMILES string of the molecule is CCCCNC(=O)NCc1cc(F)ccc1F. The molecule has 1 aromatic carbocycles. The topological polar surface area (TPSA) is 41.1 Å². The molecule has 0 atom stereocenters. The standard InChI is InChI=1S/C12H16F2N2O/c1-2-3-6-15-12(17)16-8-9-7-10(13)4-5-11(9)14/h4-5,7H,2-3,6,8H2,1H3,(H2,15,16,17). The molecule has 1 aromatic rings. The van der Waals surface area contributed by atoms with Crippen molar-refractivity contribution in [2.24, 2.45) is 0 Å². The van der Waals surface area contributed by atoms with Crippen molar-refractivity contribution in [3.63, 3.8) is 0 Å². The Kier molecular flexibility index (Phi) is 5.39. The van der Waals surface area contributed by atoms with Crippen molar-refractivity contribution in [1.82, 2.24) is 10.6 Å². The number of urea groups is 1. The fourth-order valence-electron chi connectivity index (χ4n) is 1.30. The van der Waals surface area contributed by atoms with Crippen LogP contribution in [0.2, 0.25) is 0 Å². The molecular weight excluding hydrogens is 226 g/mol. The molecule has 0 fully saturated rings. The van der Waals surface area contributed by atoms with Crippen molar-refractivity contribution < 1.29 is 13.6 Å². The minimum absolute atomic E-state index is 0.0262. The molecule has 0 aliphatic rings. The van der Waals surface area contributed by atoms with E-state index in [4.69, 9.17) is 0 Å². The van der Waals surface area contributed by atoms with Crippen LogP contribution in [0.5, 0.6) is 0 Å². The Balaban J connectivity index is 2.39. The number of benzene rings is 1. The van der Waals surface area contributed by atoms with E-state index in [0.29, 0.717) is 6.54 Å². The largest absolute Gasteiger partial charge is 0.338 e. The van der Waals surface area contributed by atoms with Crippen molar-refractivity contribution in [2.45, 2.75) is 26.3 Å². The van der Waals surface area contributed by atoms with Crippen LogP contribution in [-0.4, -0.2) is 12.6 Å². The van der Waals surface area contributed by atoms with Gasteiger partial charge in [-0.2, -0.15) is 0 Å². The van der Waals surface area contributed by atoms with Gasteiger partial charge in [0, 0.05) is 18.7 Å². The second-order valence-electron chi connectivity index (χ2n) is 3.70. The third-order valence-corrected chi connectivity index (χ3v) is 2.26. The molecule has 1 rings (SSSR count). The summed E-state index contributed by atoms with van der Waals surface area (Å²) >= 11 is 0. The highest BCUT2D eigenvalue weighted by Gasteiger charge is 2.05. The molecule has 0 bridgehead atoms. The summed E-state index contributed by atoms with van der Waals surface area (Å²) in [7, 11) is 0. The van der Waals surface area contributed by atoms with Crippen LogP contribution >= 0.6 is 0 Å². The van der Waals surface area contributed by atoms with E-state index in [-0.39, 0.29) is 18.1 Å². The fraction of sp³-hybridized carbons (Fsp3) is 0.417. The van der Waals surface area contributed by atoms with Crippen molar-refractivity contribution in [3.05, 3.63) is 35.4 Å². The van der Waals surface area contributed by atoms with Crippen molar-refractivity contribution in [1.29, 1.82) is 0 Å². The zero-order valence-electron chi connectivity index (χ0n) is 9.72. The third-order valence-electron chi connectivity index (χ3n) is 2.26. The molecule has 0 saturated carbocycles. The Bertz CT molecular complexity index is 383. The van der Waals surface area contributed by atoms with Crippen LogP contribution in [0.3, 0.4) is 0 Å². The third kappa shape index (κ3) is 4.80. The lowest BCUT2D eigenvalue weighted by molar-refractivity contribution is 0.240. The van der Waals surface area contributed by atoms with Crippen LogP contribution in [0.1, 0.15) is 25.3 Å². The molecule has 0 heterocycles. The van der Waals surface area contributed by atoms with Crippen LogP contribution in [0.4, 0.5) is 13.6 Å². The molecule has 3 nitrogen and oxygen atoms in total. The molecule has 0 aliphatic heterocycles. The maximum atomic E-state index is 13.2. The summed E-state index contributed by atoms with van der Waals surface area (Å²) in [5, 5.41) is 5.09. The minimum Gasteiger partial charge on any atom is -0.338 e. The van der Waals surface area contributed by atoms with Gasteiger partial charge in [0.05, 0.1) is 0 Å². The minimum atomic E-state index is -0.528. The van der Waals surface area contributed by atoms with E-state index < -0.39 is 11.6 Å². The molecule has 0 spiro atoms. The Morgan fingerprint density at radius 1 is 1.29 bits per heavy atom. The van der Waals surface area contributed by atoms with Gasteiger partial charge in [-0.3, -0.25) is 0 Å². The lowest BCUT2D eigenvalue weighted by Crippen LogP contribution is -2.35. The number of hydrogen-bond acceptors (Lipinski definition) is 1. The normalized spacial score (nSPS) is 10.1. The first-order chi connectivity index (χ1) is 8.13. The van der Waals surface area contributed by atoms with Gasteiger partial charge in [-0.25, -0.2) is 13.6 Å². The van der Waals surface area contributed by atoms with Crippen LogP contribution in [0.15, 0.2) is 18.2 Å². The molecule has 5 heteroatoms. The molecule has 0 aliphatic carbocycles. The van der Waals surface area contributed by atoms with Crippen LogP contribution in [0.25, 0.3) is 0 Å². The molecular formula is C12H16F2N2O. The van der Waals surface area contributed by atoms with E-state index in [1.807, 2.05) is 6.92 Å². The molecule has 0 saturated heterocycles. The highest BCUT2D eigenvalue weighted by molar-refractivity contribution is 5.73. The second-order valence-corrected chi connectivity index (χ2v) is 3.70. The van der Waals surface area contributed by atoms with E-state index in [2.05, 4.69) is 10.6 Å². The monoisotopic (exact) mass is 242 g/mol. The fourth-order valence-corrected chi connectivity index (χ4v) is 1.30. The van der Waals surface area contributed by atoms with E-state index in [1.165, 1.54) is 0 Å². The Morgan fingerprint density at radius 3 is 2.76 bits per heavy atom. The summed E-state index contributed by atoms with van der Waals surface area (Å²) in [6, 6.07) is 2.78. The Hall–Kier alpha value is -1.65. The number of nitrogens with one attached hydrogen (secondary N) is 2. The van der Waals surface area contributed by atoms with E-state index >= 15 is 0 Å². The van der Waals surface area contributed by atoms with Gasteiger partial charge < -0.3 is 10.6 Å². The van der Waals surface area contributed by atoms with Gasteiger partial charge in [0.15, 0.2) is 0 Å². The van der Waals surface area contributed by atoms with Gasteiger partial charge >= 0.3 is 6.03 Å². The Morgan fingerprint density at radius 2 is 2.06 bits per heavy atom. The Labute approximate surface area is 99.2 Å². The smallest absolute Gasteiger partial charge is 0.315 e. The summed E-state index contributed by atoms with van der Waals surface area (Å²) in [6.45, 7) is 2.57. The van der Waals surface area contributed by atoms with Gasteiger partial charge in [0.1, 0.15) is 11.6 Å². The van der Waals surface area contributed by atoms with E-state index in [1.54, 1.807) is 0 Å². The molecule has 94 valence electrons. The molecule has 0 aromatic heterocycles. The summed E-state index contributed by atoms with van der Waals surface area (Å²) in [5.74, 6) is -1.05. The number of rotatable bonds is 5. The van der Waals surface area contributed by atoms with E-state index in [0.717, 1.165) is 31.0 Å². The molecule has 0 unspecified atom stereocenters. The zero-order chi connectivity index (χ0) is 12.7. The summed E-state index contributed by atoms with van der Waals surface area (Å²) in [6.07, 6.45) is 1.88. The van der Waals surface area contributed by atoms with Crippen LogP contribution in [-0.2, 0) is 6.54 Å². The number of carbonyl (C=O) groups is 1. The lowest BCUT2D eigenvalue weighted by Gasteiger charge is -2.07. The average Bonchev–Trinajstić information content (AvgIpc) is 2.31. The van der Waals surface area contributed by atoms with Crippen LogP contribution in [0, 0.1) is 11.6 Å². The van der Waals surface area contributed by atoms with Gasteiger partial charge in [-0.1, -0.05) is 13.3 Å². The molecule has 0 radical (unpaired) electrons. The predicted molar refractivity (Wildman–Crippen MR) is 61.5 cm³/mol. The van der Waals surface area contributed by atoms with Crippen molar-refractivity contribution in [3.8, 4) is 0 Å². The maximum absolute atomic E-state index is 13.2. The number of amides is 2. The van der Waals surface area contributed by atoms with Gasteiger partial charge in [0.2, 0.25) is 0 Å². The number of hydrogen-bond donors (Lipinski definition) is 2.